The zero-order chi connectivity index (χ0) is 33.3. The van der Waals surface area contributed by atoms with Crippen molar-refractivity contribution >= 4 is 17.3 Å². The number of carbonyl (C=O) groups excluding carboxylic acids is 1. The summed E-state index contributed by atoms with van der Waals surface area (Å²) in [6.07, 6.45) is -7.76. The highest BCUT2D eigenvalue weighted by Gasteiger charge is 2.35. The maximum absolute atomic E-state index is 13.5. The molecule has 236 valence electrons. The minimum Gasteiger partial charge on any atom is -0.406 e. The van der Waals surface area contributed by atoms with E-state index in [-0.39, 0.29) is 28.5 Å². The summed E-state index contributed by atoms with van der Waals surface area (Å²) in [5.41, 5.74) is 5.67. The molecule has 9 nitrogen and oxygen atoms in total. The van der Waals surface area contributed by atoms with Gasteiger partial charge in [-0.2, -0.15) is 13.2 Å². The van der Waals surface area contributed by atoms with Gasteiger partial charge in [0, 0.05) is 23.1 Å². The van der Waals surface area contributed by atoms with Crippen LogP contribution in [0.1, 0.15) is 36.5 Å². The Bertz CT molecular complexity index is 1760. The first-order valence-electron chi connectivity index (χ1n) is 13.1. The molecule has 1 amide bonds. The predicted molar refractivity (Wildman–Crippen MR) is 155 cm³/mol. The lowest BCUT2D eigenvalue weighted by Crippen LogP contribution is -2.31. The molecule has 0 saturated carbocycles. The number of rotatable bonds is 8. The van der Waals surface area contributed by atoms with Crippen molar-refractivity contribution in [3.8, 4) is 22.6 Å². The molecule has 0 spiro atoms. The van der Waals surface area contributed by atoms with Gasteiger partial charge in [-0.15, -0.1) is 18.1 Å². The van der Waals surface area contributed by atoms with Crippen molar-refractivity contribution in [1.29, 1.82) is 0 Å². The number of aromatic nitrogens is 2. The summed E-state index contributed by atoms with van der Waals surface area (Å²) in [7, 11) is 0. The van der Waals surface area contributed by atoms with Gasteiger partial charge >= 0.3 is 12.5 Å². The third kappa shape index (κ3) is 6.98. The lowest BCUT2D eigenvalue weighted by atomic mass is 9.82. The Morgan fingerprint density at radius 2 is 1.62 bits per heavy atom. The van der Waals surface area contributed by atoms with Crippen molar-refractivity contribution in [2.45, 2.75) is 38.7 Å². The number of aryl methyl sites for hydroxylation is 1. The quantitative estimate of drug-likeness (QED) is 0.0929. The van der Waals surface area contributed by atoms with Crippen LogP contribution in [-0.4, -0.2) is 21.8 Å². The number of nitrogens with zero attached hydrogens (tertiary/aromatic N) is 4. The second-order valence-corrected chi connectivity index (χ2v) is 10.3. The van der Waals surface area contributed by atoms with E-state index in [2.05, 4.69) is 14.9 Å². The molecule has 1 aromatic heterocycles. The van der Waals surface area contributed by atoms with Gasteiger partial charge in [-0.3, -0.25) is 9.80 Å². The van der Waals surface area contributed by atoms with E-state index < -0.39 is 35.3 Å². The number of nitroso groups, excluding NO2 is 1. The fourth-order valence-electron chi connectivity index (χ4n) is 4.55. The van der Waals surface area contributed by atoms with Crippen molar-refractivity contribution in [1.82, 2.24) is 9.55 Å². The van der Waals surface area contributed by atoms with E-state index in [0.29, 0.717) is 16.7 Å². The molecule has 45 heavy (non-hydrogen) atoms. The van der Waals surface area contributed by atoms with Gasteiger partial charge in [0.1, 0.15) is 11.6 Å². The van der Waals surface area contributed by atoms with Crippen LogP contribution in [0, 0.1) is 11.8 Å². The van der Waals surface area contributed by atoms with Crippen LogP contribution in [0.3, 0.4) is 0 Å². The molecule has 4 aromatic rings. The van der Waals surface area contributed by atoms with Crippen LogP contribution in [0.15, 0.2) is 84.3 Å². The lowest BCUT2D eigenvalue weighted by Gasteiger charge is -2.26. The molecular formula is C30H26F6N6O3. The number of hydrogen-bond donors (Lipinski definition) is 2. The number of anilines is 1. The highest BCUT2D eigenvalue weighted by molar-refractivity contribution is 5.89. The zero-order valence-corrected chi connectivity index (χ0v) is 23.9. The molecule has 4 N–H and O–H groups in total. The number of benzene rings is 3. The SMILES string of the molecule is Cc1nc(C(F)(F)F)cn1-c1ccc(-c2cccc(C(C)(C)C(=O)N=O)c2)cc1N(N)/C(=C\N)c1ccc(OC(F)(F)F)cc1. The Kier molecular flexibility index (Phi) is 8.78. The Balaban J connectivity index is 1.87. The number of imidazole rings is 1. The fraction of sp³-hybridized carbons (Fsp3) is 0.200. The van der Waals surface area contributed by atoms with Crippen LogP contribution in [-0.2, 0) is 16.4 Å². The molecule has 3 aromatic carbocycles. The Morgan fingerprint density at radius 3 is 2.18 bits per heavy atom. The second kappa shape index (κ2) is 12.1. The summed E-state index contributed by atoms with van der Waals surface area (Å²) < 4.78 is 83.7. The number of alkyl halides is 6. The van der Waals surface area contributed by atoms with E-state index in [1.807, 2.05) is 0 Å². The summed E-state index contributed by atoms with van der Waals surface area (Å²) in [5.74, 6) is 5.14. The summed E-state index contributed by atoms with van der Waals surface area (Å²) in [5, 5.41) is 3.62. The smallest absolute Gasteiger partial charge is 0.406 e. The minimum atomic E-state index is -4.91. The molecule has 0 aliphatic heterocycles. The maximum atomic E-state index is 13.5. The van der Waals surface area contributed by atoms with Gasteiger partial charge in [-0.25, -0.2) is 10.8 Å². The summed E-state index contributed by atoms with van der Waals surface area (Å²) in [6.45, 7) is 4.45. The fourth-order valence-corrected chi connectivity index (χ4v) is 4.55. The summed E-state index contributed by atoms with van der Waals surface area (Å²) in [6, 6.07) is 16.0. The van der Waals surface area contributed by atoms with Crippen molar-refractivity contribution in [2.24, 2.45) is 16.8 Å². The van der Waals surface area contributed by atoms with E-state index >= 15 is 0 Å². The van der Waals surface area contributed by atoms with E-state index in [4.69, 9.17) is 11.6 Å². The molecule has 15 heteroatoms. The standard InChI is InChI=1S/C30H26F6N6O3/c1-17-39-26(29(31,32)33)16-41(17)23-12-9-20(19-5-4-6-21(13-19)28(2,3)27(43)40-44)14-24(23)42(38)25(15-37)18-7-10-22(11-8-18)45-30(34,35)36/h4-16H,37-38H2,1-3H3/b25-15-. The number of amides is 1. The molecule has 0 saturated heterocycles. The van der Waals surface area contributed by atoms with Crippen LogP contribution in [0.4, 0.5) is 32.0 Å². The third-order valence-corrected chi connectivity index (χ3v) is 7.00. The third-order valence-electron chi connectivity index (χ3n) is 7.00. The molecule has 0 unspecified atom stereocenters. The average Bonchev–Trinajstić information content (AvgIpc) is 3.38. The van der Waals surface area contributed by atoms with Gasteiger partial charge in [0.05, 0.1) is 22.5 Å². The van der Waals surface area contributed by atoms with E-state index in [1.165, 1.54) is 43.5 Å². The second-order valence-electron chi connectivity index (χ2n) is 10.3. The number of ether oxygens (including phenoxy) is 1. The number of hydrazine groups is 1. The number of hydrogen-bond acceptors (Lipinski definition) is 7. The van der Waals surface area contributed by atoms with Gasteiger partial charge in [-0.05, 0) is 73.9 Å². The molecule has 0 radical (unpaired) electrons. The van der Waals surface area contributed by atoms with Crippen LogP contribution >= 0.6 is 0 Å². The van der Waals surface area contributed by atoms with Crippen LogP contribution < -0.4 is 21.3 Å². The van der Waals surface area contributed by atoms with Crippen molar-refractivity contribution in [3.05, 3.63) is 107 Å². The molecule has 1 heterocycles. The molecule has 0 bridgehead atoms. The summed E-state index contributed by atoms with van der Waals surface area (Å²) in [4.78, 5) is 26.8. The van der Waals surface area contributed by atoms with Crippen LogP contribution in [0.5, 0.6) is 5.75 Å². The largest absolute Gasteiger partial charge is 0.573 e. The number of halogens is 6. The van der Waals surface area contributed by atoms with Gasteiger partial charge in [0.25, 0.3) is 5.91 Å². The molecule has 0 fully saturated rings. The van der Waals surface area contributed by atoms with E-state index in [0.717, 1.165) is 29.5 Å². The first-order valence-corrected chi connectivity index (χ1v) is 13.1. The normalized spacial score (nSPS) is 12.6. The Labute approximate surface area is 252 Å². The highest BCUT2D eigenvalue weighted by atomic mass is 19.4. The predicted octanol–water partition coefficient (Wildman–Crippen LogP) is 6.97. The first-order chi connectivity index (χ1) is 21.0. The molecular weight excluding hydrogens is 606 g/mol. The highest BCUT2D eigenvalue weighted by Crippen LogP contribution is 2.37. The van der Waals surface area contributed by atoms with Gasteiger partial charge in [-0.1, -0.05) is 30.3 Å². The van der Waals surface area contributed by atoms with Crippen molar-refractivity contribution < 1.29 is 35.9 Å². The topological polar surface area (TPSA) is 129 Å². The van der Waals surface area contributed by atoms with Crippen LogP contribution in [0.2, 0.25) is 0 Å². The summed E-state index contributed by atoms with van der Waals surface area (Å²) >= 11 is 0. The van der Waals surface area contributed by atoms with Gasteiger partial charge in [0.2, 0.25) is 0 Å². The monoisotopic (exact) mass is 632 g/mol. The molecule has 0 aliphatic carbocycles. The van der Waals surface area contributed by atoms with Crippen molar-refractivity contribution in [3.63, 3.8) is 0 Å². The van der Waals surface area contributed by atoms with Crippen molar-refractivity contribution in [2.75, 3.05) is 5.01 Å². The van der Waals surface area contributed by atoms with Gasteiger partial charge < -0.3 is 15.0 Å². The van der Waals surface area contributed by atoms with E-state index in [9.17, 15) is 36.0 Å². The zero-order valence-electron chi connectivity index (χ0n) is 23.9. The number of carbonyl (C=O) groups is 1. The number of nitrogens with two attached hydrogens (primary N) is 2. The van der Waals surface area contributed by atoms with Gasteiger partial charge in [0.15, 0.2) is 5.69 Å². The van der Waals surface area contributed by atoms with Crippen LogP contribution in [0.25, 0.3) is 22.5 Å². The average molecular weight is 633 g/mol. The Morgan fingerprint density at radius 1 is 0.978 bits per heavy atom. The molecule has 4 rings (SSSR count). The molecule has 0 aliphatic rings. The van der Waals surface area contributed by atoms with E-state index in [1.54, 1.807) is 36.4 Å². The minimum absolute atomic E-state index is 0.0136. The maximum Gasteiger partial charge on any atom is 0.573 e. The molecule has 0 atom stereocenters. The Hall–Kier alpha value is -5.18. The first kappa shape index (κ1) is 32.7. The lowest BCUT2D eigenvalue weighted by molar-refractivity contribution is -0.274.